The minimum atomic E-state index is -1.08. The Bertz CT molecular complexity index is 327. The van der Waals surface area contributed by atoms with Gasteiger partial charge in [0.25, 0.3) is 0 Å². The molecule has 0 aromatic heterocycles. The first-order valence-electron chi connectivity index (χ1n) is 4.00. The van der Waals surface area contributed by atoms with E-state index < -0.39 is 6.09 Å². The fourth-order valence-corrected chi connectivity index (χ4v) is 1.07. The third-order valence-electron chi connectivity index (χ3n) is 1.46. The van der Waals surface area contributed by atoms with E-state index in [1.807, 2.05) is 30.3 Å². The number of hydrogen-bond acceptors (Lipinski definition) is 2. The number of carboxylic acid groups (broad SMARTS) is 1. The van der Waals surface area contributed by atoms with Crippen molar-refractivity contribution in [2.75, 3.05) is 11.9 Å². The molecule has 1 aromatic rings. The predicted octanol–water partition coefficient (Wildman–Crippen LogP) is 1.69. The van der Waals surface area contributed by atoms with Gasteiger partial charge in [0.15, 0.2) is 0 Å². The second kappa shape index (κ2) is 5.18. The van der Waals surface area contributed by atoms with Crippen LogP contribution in [-0.2, 0) is 0 Å². The largest absolute Gasteiger partial charge is 0.465 e. The lowest BCUT2D eigenvalue weighted by Crippen LogP contribution is -2.30. The Balaban J connectivity index is 2.38. The molecular weight excluding hydrogens is 200 g/mol. The van der Waals surface area contributed by atoms with Crippen LogP contribution in [0.3, 0.4) is 0 Å². The Kier molecular flexibility index (Phi) is 3.87. The summed E-state index contributed by atoms with van der Waals surface area (Å²) in [5.74, 6) is 0. The highest BCUT2D eigenvalue weighted by Gasteiger charge is 1.99. The van der Waals surface area contributed by atoms with Gasteiger partial charge < -0.3 is 15.7 Å². The smallest absolute Gasteiger partial charge is 0.405 e. The molecule has 0 aliphatic heterocycles. The molecule has 0 saturated heterocycles. The topological polar surface area (TPSA) is 61.4 Å². The Morgan fingerprint density at radius 1 is 1.36 bits per heavy atom. The molecule has 0 bridgehead atoms. The standard InChI is InChI=1S/C9H10N2O2S/c12-9(13)10-6-8(14)11-7-4-2-1-3-5-7/h1-5,10H,6H2,(H,11,14)(H,12,13). The Morgan fingerprint density at radius 2 is 2.00 bits per heavy atom. The van der Waals surface area contributed by atoms with Crippen LogP contribution in [0.15, 0.2) is 30.3 Å². The zero-order valence-corrected chi connectivity index (χ0v) is 8.17. The molecule has 74 valence electrons. The van der Waals surface area contributed by atoms with Crippen molar-refractivity contribution >= 4 is 29.0 Å². The van der Waals surface area contributed by atoms with E-state index in [0.29, 0.717) is 4.99 Å². The van der Waals surface area contributed by atoms with Crippen molar-refractivity contribution in [3.63, 3.8) is 0 Å². The van der Waals surface area contributed by atoms with Crippen molar-refractivity contribution in [2.45, 2.75) is 0 Å². The maximum atomic E-state index is 10.2. The summed E-state index contributed by atoms with van der Waals surface area (Å²) in [5, 5.41) is 13.4. The lowest BCUT2D eigenvalue weighted by molar-refractivity contribution is 0.196. The highest BCUT2D eigenvalue weighted by atomic mass is 32.1. The molecule has 0 atom stereocenters. The maximum absolute atomic E-state index is 10.2. The van der Waals surface area contributed by atoms with Crippen LogP contribution in [0.2, 0.25) is 0 Å². The van der Waals surface area contributed by atoms with Crippen LogP contribution in [0, 0.1) is 0 Å². The summed E-state index contributed by atoms with van der Waals surface area (Å²) in [6, 6.07) is 9.34. The predicted molar refractivity (Wildman–Crippen MR) is 58.7 cm³/mol. The molecule has 0 aliphatic rings. The lowest BCUT2D eigenvalue weighted by atomic mass is 10.3. The number of hydrogen-bond donors (Lipinski definition) is 3. The molecule has 1 amide bonds. The summed E-state index contributed by atoms with van der Waals surface area (Å²) in [6.07, 6.45) is -1.08. The summed E-state index contributed by atoms with van der Waals surface area (Å²) in [4.78, 5) is 10.6. The Morgan fingerprint density at radius 3 is 2.57 bits per heavy atom. The van der Waals surface area contributed by atoms with Gasteiger partial charge in [-0.15, -0.1) is 0 Å². The molecule has 14 heavy (non-hydrogen) atoms. The van der Waals surface area contributed by atoms with Gasteiger partial charge in [-0.1, -0.05) is 30.4 Å². The van der Waals surface area contributed by atoms with E-state index in [1.54, 1.807) is 0 Å². The first-order valence-corrected chi connectivity index (χ1v) is 4.41. The van der Waals surface area contributed by atoms with Crippen LogP contribution in [0.25, 0.3) is 0 Å². The number of benzene rings is 1. The lowest BCUT2D eigenvalue weighted by Gasteiger charge is -2.06. The van der Waals surface area contributed by atoms with Crippen LogP contribution in [0.4, 0.5) is 10.5 Å². The monoisotopic (exact) mass is 210 g/mol. The molecule has 1 aromatic carbocycles. The SMILES string of the molecule is O=C(O)NCC(=S)Nc1ccccc1. The Hall–Kier alpha value is -1.62. The summed E-state index contributed by atoms with van der Waals surface area (Å²) in [5.41, 5.74) is 0.852. The van der Waals surface area contributed by atoms with Crippen LogP contribution in [0.5, 0.6) is 0 Å². The van der Waals surface area contributed by atoms with E-state index in [2.05, 4.69) is 10.6 Å². The zero-order valence-electron chi connectivity index (χ0n) is 7.36. The van der Waals surface area contributed by atoms with Gasteiger partial charge in [-0.05, 0) is 12.1 Å². The van der Waals surface area contributed by atoms with Crippen molar-refractivity contribution in [3.05, 3.63) is 30.3 Å². The first kappa shape index (κ1) is 10.5. The van der Waals surface area contributed by atoms with Crippen LogP contribution in [-0.4, -0.2) is 22.7 Å². The number of carbonyl (C=O) groups is 1. The fourth-order valence-electron chi connectivity index (χ4n) is 0.883. The quantitative estimate of drug-likeness (QED) is 0.664. The molecular formula is C9H10N2O2S. The van der Waals surface area contributed by atoms with Gasteiger partial charge >= 0.3 is 6.09 Å². The van der Waals surface area contributed by atoms with Gasteiger partial charge in [-0.2, -0.15) is 0 Å². The molecule has 0 radical (unpaired) electrons. The maximum Gasteiger partial charge on any atom is 0.405 e. The second-order valence-electron chi connectivity index (χ2n) is 2.57. The number of anilines is 1. The van der Waals surface area contributed by atoms with E-state index in [-0.39, 0.29) is 6.54 Å². The van der Waals surface area contributed by atoms with Crippen molar-refractivity contribution in [1.29, 1.82) is 0 Å². The van der Waals surface area contributed by atoms with E-state index in [9.17, 15) is 4.79 Å². The van der Waals surface area contributed by atoms with Crippen LogP contribution < -0.4 is 10.6 Å². The van der Waals surface area contributed by atoms with Crippen LogP contribution >= 0.6 is 12.2 Å². The molecule has 4 nitrogen and oxygen atoms in total. The van der Waals surface area contributed by atoms with Gasteiger partial charge in [0.1, 0.15) is 0 Å². The minimum absolute atomic E-state index is 0.125. The molecule has 0 heterocycles. The van der Waals surface area contributed by atoms with Gasteiger partial charge in [0.2, 0.25) is 0 Å². The average Bonchev–Trinajstić information content (AvgIpc) is 2.16. The molecule has 0 aliphatic carbocycles. The number of amides is 1. The molecule has 5 heteroatoms. The Labute approximate surface area is 86.9 Å². The average molecular weight is 210 g/mol. The fraction of sp³-hybridized carbons (Fsp3) is 0.111. The summed E-state index contributed by atoms with van der Waals surface area (Å²) >= 11 is 4.92. The first-order chi connectivity index (χ1) is 6.68. The number of nitrogens with one attached hydrogen (secondary N) is 2. The number of thiocarbonyl (C=S) groups is 1. The molecule has 0 fully saturated rings. The van der Waals surface area contributed by atoms with E-state index in [0.717, 1.165) is 5.69 Å². The van der Waals surface area contributed by atoms with E-state index in [4.69, 9.17) is 17.3 Å². The third-order valence-corrected chi connectivity index (χ3v) is 1.70. The van der Waals surface area contributed by atoms with E-state index in [1.165, 1.54) is 0 Å². The van der Waals surface area contributed by atoms with Crippen molar-refractivity contribution in [3.8, 4) is 0 Å². The third kappa shape index (κ3) is 3.86. The molecule has 0 saturated carbocycles. The minimum Gasteiger partial charge on any atom is -0.465 e. The van der Waals surface area contributed by atoms with Crippen molar-refractivity contribution < 1.29 is 9.90 Å². The van der Waals surface area contributed by atoms with Crippen LogP contribution in [0.1, 0.15) is 0 Å². The number of rotatable bonds is 3. The van der Waals surface area contributed by atoms with Gasteiger partial charge in [0, 0.05) is 5.69 Å². The van der Waals surface area contributed by atoms with E-state index >= 15 is 0 Å². The van der Waals surface area contributed by atoms with Crippen molar-refractivity contribution in [2.24, 2.45) is 0 Å². The highest BCUT2D eigenvalue weighted by molar-refractivity contribution is 7.80. The van der Waals surface area contributed by atoms with Crippen molar-refractivity contribution in [1.82, 2.24) is 5.32 Å². The summed E-state index contributed by atoms with van der Waals surface area (Å²) < 4.78 is 0. The molecule has 3 N–H and O–H groups in total. The highest BCUT2D eigenvalue weighted by Crippen LogP contribution is 2.04. The van der Waals surface area contributed by atoms with Gasteiger partial charge in [-0.3, -0.25) is 0 Å². The molecule has 0 spiro atoms. The zero-order chi connectivity index (χ0) is 10.4. The normalized spacial score (nSPS) is 9.14. The van der Waals surface area contributed by atoms with Gasteiger partial charge in [-0.25, -0.2) is 4.79 Å². The number of para-hydroxylation sites is 1. The second-order valence-corrected chi connectivity index (χ2v) is 3.07. The molecule has 1 rings (SSSR count). The summed E-state index contributed by atoms with van der Waals surface area (Å²) in [7, 11) is 0. The summed E-state index contributed by atoms with van der Waals surface area (Å²) in [6.45, 7) is 0.125. The van der Waals surface area contributed by atoms with Gasteiger partial charge in [0.05, 0.1) is 11.5 Å². The molecule has 0 unspecified atom stereocenters.